The van der Waals surface area contributed by atoms with Gasteiger partial charge in [-0.25, -0.2) is 9.78 Å². The average molecular weight is 317 g/mol. The number of benzene rings is 1. The molecule has 22 heavy (non-hydrogen) atoms. The Labute approximate surface area is 133 Å². The summed E-state index contributed by atoms with van der Waals surface area (Å²) in [7, 11) is 1.80. The molecule has 2 heterocycles. The summed E-state index contributed by atoms with van der Waals surface area (Å²) in [4.78, 5) is 16.0. The number of nitrogens with one attached hydrogen (secondary N) is 2. The molecule has 3 rings (SSSR count). The van der Waals surface area contributed by atoms with E-state index in [0.717, 1.165) is 18.0 Å². The van der Waals surface area contributed by atoms with Gasteiger partial charge in [-0.1, -0.05) is 24.3 Å². The van der Waals surface area contributed by atoms with Gasteiger partial charge in [0.15, 0.2) is 0 Å². The predicted molar refractivity (Wildman–Crippen MR) is 86.6 cm³/mol. The van der Waals surface area contributed by atoms with Gasteiger partial charge < -0.3 is 10.6 Å². The van der Waals surface area contributed by atoms with Crippen LogP contribution in [0.4, 0.5) is 4.79 Å². The quantitative estimate of drug-likeness (QED) is 0.899. The number of hydrogen-bond donors (Lipinski definition) is 2. The fourth-order valence-electron chi connectivity index (χ4n) is 2.53. The molecular weight excluding hydrogens is 298 g/mol. The smallest absolute Gasteiger partial charge is 0.315 e. The van der Waals surface area contributed by atoms with Gasteiger partial charge in [-0.3, -0.25) is 4.68 Å². The van der Waals surface area contributed by atoms with E-state index in [2.05, 4.69) is 45.0 Å². The zero-order valence-electron chi connectivity index (χ0n) is 12.5. The number of carbonyl (C=O) groups is 1. The van der Waals surface area contributed by atoms with Crippen molar-refractivity contribution in [1.29, 1.82) is 0 Å². The number of amides is 2. The van der Waals surface area contributed by atoms with Gasteiger partial charge >= 0.3 is 6.03 Å². The summed E-state index contributed by atoms with van der Waals surface area (Å²) in [5, 5.41) is 10.0. The molecule has 2 N–H and O–H groups in total. The first-order valence-corrected chi connectivity index (χ1v) is 8.33. The highest BCUT2D eigenvalue weighted by atomic mass is 32.2. The molecule has 0 saturated heterocycles. The number of carbonyl (C=O) groups excluding carboxylic acids is 1. The van der Waals surface area contributed by atoms with Crippen LogP contribution in [0.5, 0.6) is 0 Å². The van der Waals surface area contributed by atoms with Crippen LogP contribution in [-0.4, -0.2) is 33.1 Å². The molecule has 1 atom stereocenters. The molecule has 1 aromatic heterocycles. The molecule has 1 aliphatic rings. The molecule has 2 amide bonds. The van der Waals surface area contributed by atoms with Crippen molar-refractivity contribution in [3.05, 3.63) is 47.5 Å². The number of aromatic nitrogens is 3. The molecule has 0 saturated carbocycles. The lowest BCUT2D eigenvalue weighted by Gasteiger charge is -2.25. The van der Waals surface area contributed by atoms with Gasteiger partial charge in [0.05, 0.1) is 6.54 Å². The Balaban J connectivity index is 1.51. The highest BCUT2D eigenvalue weighted by Crippen LogP contribution is 2.35. The maximum atomic E-state index is 11.9. The molecule has 0 spiro atoms. The normalized spacial score (nSPS) is 16.9. The molecule has 0 fully saturated rings. The number of hydrogen-bond acceptors (Lipinski definition) is 4. The Hall–Kier alpha value is -2.02. The summed E-state index contributed by atoms with van der Waals surface area (Å²) >= 11 is 1.90. The lowest BCUT2D eigenvalue weighted by molar-refractivity contribution is 0.240. The molecule has 0 bridgehead atoms. The minimum Gasteiger partial charge on any atom is -0.337 e. The zero-order valence-corrected chi connectivity index (χ0v) is 13.3. The molecule has 116 valence electrons. The summed E-state index contributed by atoms with van der Waals surface area (Å²) in [6.07, 6.45) is 2.58. The van der Waals surface area contributed by atoms with Crippen molar-refractivity contribution in [2.75, 3.05) is 12.3 Å². The van der Waals surface area contributed by atoms with E-state index in [1.807, 2.05) is 11.8 Å². The van der Waals surface area contributed by atoms with Crippen molar-refractivity contribution in [3.63, 3.8) is 0 Å². The van der Waals surface area contributed by atoms with Gasteiger partial charge in [0, 0.05) is 18.8 Å². The SMILES string of the molecule is Cn1ncnc1CNC(=O)NC[C@H]1SCCc2ccccc21. The van der Waals surface area contributed by atoms with Crippen LogP contribution >= 0.6 is 11.8 Å². The number of nitrogens with zero attached hydrogens (tertiary/aromatic N) is 3. The zero-order chi connectivity index (χ0) is 15.4. The average Bonchev–Trinajstić information content (AvgIpc) is 2.96. The molecule has 0 aliphatic carbocycles. The fourth-order valence-corrected chi connectivity index (χ4v) is 3.77. The largest absolute Gasteiger partial charge is 0.337 e. The van der Waals surface area contributed by atoms with Crippen LogP contribution in [0.2, 0.25) is 0 Å². The summed E-state index contributed by atoms with van der Waals surface area (Å²) < 4.78 is 1.65. The lowest BCUT2D eigenvalue weighted by Crippen LogP contribution is -2.38. The molecule has 1 aromatic carbocycles. The molecule has 2 aromatic rings. The number of aryl methyl sites for hydroxylation is 2. The highest BCUT2D eigenvalue weighted by molar-refractivity contribution is 7.99. The van der Waals surface area contributed by atoms with Crippen molar-refractivity contribution in [1.82, 2.24) is 25.4 Å². The minimum atomic E-state index is -0.174. The summed E-state index contributed by atoms with van der Waals surface area (Å²) in [5.41, 5.74) is 2.74. The Bertz CT molecular complexity index is 657. The summed E-state index contributed by atoms with van der Waals surface area (Å²) in [6.45, 7) is 1.00. The van der Waals surface area contributed by atoms with Crippen LogP contribution < -0.4 is 10.6 Å². The first kappa shape index (κ1) is 14.9. The van der Waals surface area contributed by atoms with Gasteiger partial charge in [-0.15, -0.1) is 0 Å². The third-order valence-corrected chi connectivity index (χ3v) is 5.02. The minimum absolute atomic E-state index is 0.174. The summed E-state index contributed by atoms with van der Waals surface area (Å²) in [5.74, 6) is 1.83. The standard InChI is InChI=1S/C15H19N5OS/c1-20-14(18-10-19-20)9-17-15(21)16-8-13-12-5-3-2-4-11(12)6-7-22-13/h2-5,10,13H,6-9H2,1H3,(H2,16,17,21)/t13-/m1/s1. The maximum absolute atomic E-state index is 11.9. The maximum Gasteiger partial charge on any atom is 0.315 e. The van der Waals surface area contributed by atoms with Crippen LogP contribution in [-0.2, 0) is 20.0 Å². The third kappa shape index (κ3) is 3.41. The van der Waals surface area contributed by atoms with E-state index in [-0.39, 0.29) is 6.03 Å². The first-order chi connectivity index (χ1) is 10.7. The Morgan fingerprint density at radius 1 is 1.41 bits per heavy atom. The number of thioether (sulfide) groups is 1. The van der Waals surface area contributed by atoms with Gasteiger partial charge in [0.1, 0.15) is 12.2 Å². The number of urea groups is 1. The second-order valence-electron chi connectivity index (χ2n) is 5.17. The summed E-state index contributed by atoms with van der Waals surface area (Å²) in [6, 6.07) is 8.30. The Morgan fingerprint density at radius 2 is 2.27 bits per heavy atom. The van der Waals surface area contributed by atoms with E-state index in [0.29, 0.717) is 18.3 Å². The second kappa shape index (κ2) is 6.83. The van der Waals surface area contributed by atoms with E-state index in [1.54, 1.807) is 11.7 Å². The molecule has 1 aliphatic heterocycles. The third-order valence-electron chi connectivity index (χ3n) is 3.75. The Morgan fingerprint density at radius 3 is 3.09 bits per heavy atom. The van der Waals surface area contributed by atoms with Gasteiger partial charge in [-0.2, -0.15) is 16.9 Å². The fraction of sp³-hybridized carbons (Fsp3) is 0.400. The van der Waals surface area contributed by atoms with E-state index in [4.69, 9.17) is 0 Å². The molecular formula is C15H19N5OS. The van der Waals surface area contributed by atoms with Crippen molar-refractivity contribution in [2.24, 2.45) is 7.05 Å². The number of fused-ring (bicyclic) bond motifs is 1. The molecule has 6 nitrogen and oxygen atoms in total. The number of rotatable bonds is 4. The molecule has 0 unspecified atom stereocenters. The second-order valence-corrected chi connectivity index (χ2v) is 6.48. The van der Waals surface area contributed by atoms with E-state index >= 15 is 0 Å². The highest BCUT2D eigenvalue weighted by Gasteiger charge is 2.20. The van der Waals surface area contributed by atoms with Crippen LogP contribution in [0, 0.1) is 0 Å². The van der Waals surface area contributed by atoms with Gasteiger partial charge in [0.2, 0.25) is 0 Å². The van der Waals surface area contributed by atoms with Crippen molar-refractivity contribution < 1.29 is 4.79 Å². The van der Waals surface area contributed by atoms with Crippen molar-refractivity contribution in [2.45, 2.75) is 18.2 Å². The van der Waals surface area contributed by atoms with Crippen molar-refractivity contribution in [3.8, 4) is 0 Å². The van der Waals surface area contributed by atoms with Gasteiger partial charge in [-0.05, 0) is 23.3 Å². The van der Waals surface area contributed by atoms with Crippen LogP contribution in [0.1, 0.15) is 22.2 Å². The monoisotopic (exact) mass is 317 g/mol. The van der Waals surface area contributed by atoms with Crippen molar-refractivity contribution >= 4 is 17.8 Å². The van der Waals surface area contributed by atoms with Crippen LogP contribution in [0.25, 0.3) is 0 Å². The first-order valence-electron chi connectivity index (χ1n) is 7.28. The van der Waals surface area contributed by atoms with Gasteiger partial charge in [0.25, 0.3) is 0 Å². The van der Waals surface area contributed by atoms with E-state index in [9.17, 15) is 4.79 Å². The van der Waals surface area contributed by atoms with Crippen LogP contribution in [0.15, 0.2) is 30.6 Å². The predicted octanol–water partition coefficient (Wildman–Crippen LogP) is 1.64. The Kier molecular flexibility index (Phi) is 4.62. The van der Waals surface area contributed by atoms with E-state index in [1.165, 1.54) is 17.5 Å². The topological polar surface area (TPSA) is 71.8 Å². The molecule has 0 radical (unpaired) electrons. The van der Waals surface area contributed by atoms with E-state index < -0.39 is 0 Å². The lowest BCUT2D eigenvalue weighted by atomic mass is 10.0. The van der Waals surface area contributed by atoms with Crippen LogP contribution in [0.3, 0.4) is 0 Å². The molecule has 7 heteroatoms.